The molecule has 1 N–H and O–H groups in total. The van der Waals surface area contributed by atoms with Gasteiger partial charge in [-0.2, -0.15) is 0 Å². The maximum atomic E-state index is 11.8. The van der Waals surface area contributed by atoms with Gasteiger partial charge in [-0.1, -0.05) is 0 Å². The molecule has 1 amide bonds. The van der Waals surface area contributed by atoms with Gasteiger partial charge in [0.1, 0.15) is 0 Å². The van der Waals surface area contributed by atoms with Gasteiger partial charge >= 0.3 is 0 Å². The molecule has 1 aromatic heterocycles. The summed E-state index contributed by atoms with van der Waals surface area (Å²) in [6.07, 6.45) is 5.59. The van der Waals surface area contributed by atoms with Crippen molar-refractivity contribution in [2.45, 2.75) is 33.2 Å². The van der Waals surface area contributed by atoms with Gasteiger partial charge < -0.3 is 10.2 Å². The fourth-order valence-electron chi connectivity index (χ4n) is 1.77. The lowest BCUT2D eigenvalue weighted by molar-refractivity contribution is -0.130. The molecule has 0 fully saturated rings. The number of carbonyl (C=O) groups excluding carboxylic acids is 1. The van der Waals surface area contributed by atoms with Gasteiger partial charge in [0, 0.05) is 50.7 Å². The standard InChI is InChI=1S/C13H22N4O/c1-4-17(5-2)13(18)6-7-15-11(3)12-10-14-8-9-16-12/h8-11,15H,4-7H2,1-3H3. The number of aromatic nitrogens is 2. The number of nitrogens with one attached hydrogen (secondary N) is 1. The molecule has 0 aliphatic heterocycles. The second-order valence-corrected chi connectivity index (χ2v) is 4.12. The van der Waals surface area contributed by atoms with Crippen molar-refractivity contribution in [1.82, 2.24) is 20.2 Å². The summed E-state index contributed by atoms with van der Waals surface area (Å²) in [4.78, 5) is 21.9. The maximum absolute atomic E-state index is 11.8. The van der Waals surface area contributed by atoms with E-state index in [9.17, 15) is 4.79 Å². The summed E-state index contributed by atoms with van der Waals surface area (Å²) in [6.45, 7) is 8.22. The molecule has 0 spiro atoms. The summed E-state index contributed by atoms with van der Waals surface area (Å²) >= 11 is 0. The van der Waals surface area contributed by atoms with E-state index in [1.54, 1.807) is 18.6 Å². The summed E-state index contributed by atoms with van der Waals surface area (Å²) in [5.41, 5.74) is 0.896. The molecule has 1 rings (SSSR count). The Morgan fingerprint density at radius 1 is 1.39 bits per heavy atom. The average molecular weight is 250 g/mol. The highest BCUT2D eigenvalue weighted by atomic mass is 16.2. The molecule has 1 aromatic rings. The van der Waals surface area contributed by atoms with E-state index in [2.05, 4.69) is 15.3 Å². The van der Waals surface area contributed by atoms with Gasteiger partial charge in [-0.3, -0.25) is 14.8 Å². The van der Waals surface area contributed by atoms with Gasteiger partial charge in [0.05, 0.1) is 5.69 Å². The number of hydrogen-bond donors (Lipinski definition) is 1. The predicted octanol–water partition coefficient (Wildman–Crippen LogP) is 1.39. The molecular weight excluding hydrogens is 228 g/mol. The minimum Gasteiger partial charge on any atom is -0.343 e. The molecule has 0 saturated carbocycles. The first-order valence-electron chi connectivity index (χ1n) is 6.46. The number of nitrogens with zero attached hydrogens (tertiary/aromatic N) is 3. The van der Waals surface area contributed by atoms with Crippen LogP contribution in [0, 0.1) is 0 Å². The van der Waals surface area contributed by atoms with E-state index >= 15 is 0 Å². The summed E-state index contributed by atoms with van der Waals surface area (Å²) in [5.74, 6) is 0.193. The zero-order chi connectivity index (χ0) is 13.4. The summed E-state index contributed by atoms with van der Waals surface area (Å²) < 4.78 is 0. The Morgan fingerprint density at radius 2 is 2.11 bits per heavy atom. The molecule has 0 aliphatic carbocycles. The van der Waals surface area contributed by atoms with Crippen molar-refractivity contribution in [3.63, 3.8) is 0 Å². The Hall–Kier alpha value is -1.49. The zero-order valence-corrected chi connectivity index (χ0v) is 11.4. The molecule has 0 radical (unpaired) electrons. The van der Waals surface area contributed by atoms with Crippen LogP contribution in [0.1, 0.15) is 38.9 Å². The van der Waals surface area contributed by atoms with E-state index in [1.165, 1.54) is 0 Å². The summed E-state index contributed by atoms with van der Waals surface area (Å²) in [7, 11) is 0. The average Bonchev–Trinajstić information content (AvgIpc) is 2.41. The third kappa shape index (κ3) is 4.41. The quantitative estimate of drug-likeness (QED) is 0.794. The molecule has 18 heavy (non-hydrogen) atoms. The van der Waals surface area contributed by atoms with Crippen molar-refractivity contribution in [1.29, 1.82) is 0 Å². The van der Waals surface area contributed by atoms with E-state index in [1.807, 2.05) is 25.7 Å². The Morgan fingerprint density at radius 3 is 2.67 bits per heavy atom. The minimum atomic E-state index is 0.114. The summed E-state index contributed by atoms with van der Waals surface area (Å²) in [5, 5.41) is 3.28. The highest BCUT2D eigenvalue weighted by Gasteiger charge is 2.10. The van der Waals surface area contributed by atoms with Crippen LogP contribution in [0.15, 0.2) is 18.6 Å². The highest BCUT2D eigenvalue weighted by Crippen LogP contribution is 2.06. The van der Waals surface area contributed by atoms with Gasteiger partial charge in [0.2, 0.25) is 5.91 Å². The van der Waals surface area contributed by atoms with Crippen molar-refractivity contribution in [2.24, 2.45) is 0 Å². The number of hydrogen-bond acceptors (Lipinski definition) is 4. The fourth-order valence-corrected chi connectivity index (χ4v) is 1.77. The number of amides is 1. The van der Waals surface area contributed by atoms with Crippen LogP contribution < -0.4 is 5.32 Å². The molecule has 1 heterocycles. The Kier molecular flexibility index (Phi) is 6.28. The smallest absolute Gasteiger partial charge is 0.223 e. The van der Waals surface area contributed by atoms with E-state index in [4.69, 9.17) is 0 Å². The Balaban J connectivity index is 2.32. The lowest BCUT2D eigenvalue weighted by atomic mass is 10.2. The topological polar surface area (TPSA) is 58.1 Å². The lowest BCUT2D eigenvalue weighted by Gasteiger charge is -2.19. The lowest BCUT2D eigenvalue weighted by Crippen LogP contribution is -2.33. The van der Waals surface area contributed by atoms with Crippen LogP contribution >= 0.6 is 0 Å². The predicted molar refractivity (Wildman–Crippen MR) is 71.0 cm³/mol. The highest BCUT2D eigenvalue weighted by molar-refractivity contribution is 5.76. The molecule has 0 aliphatic rings. The molecule has 1 atom stereocenters. The second-order valence-electron chi connectivity index (χ2n) is 4.12. The first kappa shape index (κ1) is 14.6. The van der Waals surface area contributed by atoms with Crippen molar-refractivity contribution in [3.8, 4) is 0 Å². The largest absolute Gasteiger partial charge is 0.343 e. The van der Waals surface area contributed by atoms with Crippen molar-refractivity contribution in [2.75, 3.05) is 19.6 Å². The second kappa shape index (κ2) is 7.76. The van der Waals surface area contributed by atoms with Crippen LogP contribution in [0.2, 0.25) is 0 Å². The first-order chi connectivity index (χ1) is 8.69. The monoisotopic (exact) mass is 250 g/mol. The van der Waals surface area contributed by atoms with Crippen LogP contribution in [0.3, 0.4) is 0 Å². The normalized spacial score (nSPS) is 12.2. The van der Waals surface area contributed by atoms with Gasteiger partial charge in [-0.05, 0) is 20.8 Å². The minimum absolute atomic E-state index is 0.114. The molecule has 1 unspecified atom stereocenters. The van der Waals surface area contributed by atoms with Crippen LogP contribution in [0.4, 0.5) is 0 Å². The molecule has 0 aromatic carbocycles. The van der Waals surface area contributed by atoms with E-state index in [-0.39, 0.29) is 11.9 Å². The molecule has 0 saturated heterocycles. The van der Waals surface area contributed by atoms with Gasteiger partial charge in [0.15, 0.2) is 0 Å². The SMILES string of the molecule is CCN(CC)C(=O)CCNC(C)c1cnccn1. The molecule has 0 bridgehead atoms. The molecular formula is C13H22N4O. The van der Waals surface area contributed by atoms with Gasteiger partial charge in [-0.25, -0.2) is 0 Å². The summed E-state index contributed by atoms with van der Waals surface area (Å²) in [6, 6.07) is 0.114. The van der Waals surface area contributed by atoms with E-state index < -0.39 is 0 Å². The van der Waals surface area contributed by atoms with Crippen LogP contribution in [-0.4, -0.2) is 40.4 Å². The Labute approximate surface area is 109 Å². The van der Waals surface area contributed by atoms with Crippen molar-refractivity contribution in [3.05, 3.63) is 24.3 Å². The van der Waals surface area contributed by atoms with Crippen LogP contribution in [0.5, 0.6) is 0 Å². The first-order valence-corrected chi connectivity index (χ1v) is 6.46. The number of rotatable bonds is 7. The van der Waals surface area contributed by atoms with Crippen molar-refractivity contribution < 1.29 is 4.79 Å². The third-order valence-electron chi connectivity index (χ3n) is 2.93. The number of carbonyl (C=O) groups is 1. The van der Waals surface area contributed by atoms with Crippen LogP contribution in [-0.2, 0) is 4.79 Å². The zero-order valence-electron chi connectivity index (χ0n) is 11.4. The van der Waals surface area contributed by atoms with E-state index in [0.717, 1.165) is 18.8 Å². The van der Waals surface area contributed by atoms with E-state index in [0.29, 0.717) is 13.0 Å². The van der Waals surface area contributed by atoms with Gasteiger partial charge in [0.25, 0.3) is 0 Å². The van der Waals surface area contributed by atoms with Gasteiger partial charge in [-0.15, -0.1) is 0 Å². The van der Waals surface area contributed by atoms with Crippen molar-refractivity contribution >= 4 is 5.91 Å². The molecule has 5 heteroatoms. The molecule has 100 valence electrons. The molecule has 5 nitrogen and oxygen atoms in total. The van der Waals surface area contributed by atoms with Crippen LogP contribution in [0.25, 0.3) is 0 Å². The fraction of sp³-hybridized carbons (Fsp3) is 0.615. The third-order valence-corrected chi connectivity index (χ3v) is 2.93. The maximum Gasteiger partial charge on any atom is 0.223 e. The Bertz CT molecular complexity index is 351.